The van der Waals surface area contributed by atoms with Gasteiger partial charge in [-0.2, -0.15) is 0 Å². The number of carbonyl (C=O) groups excluding carboxylic acids is 1. The average Bonchev–Trinajstić information content (AvgIpc) is 2.36. The van der Waals surface area contributed by atoms with Crippen LogP contribution >= 0.6 is 0 Å². The lowest BCUT2D eigenvalue weighted by Gasteiger charge is -2.28. The van der Waals surface area contributed by atoms with Gasteiger partial charge in [0.1, 0.15) is 5.75 Å². The Morgan fingerprint density at radius 1 is 1.33 bits per heavy atom. The van der Waals surface area contributed by atoms with Crippen LogP contribution in [-0.2, 0) is 11.2 Å². The molecule has 1 aromatic carbocycles. The fraction of sp³-hybridized carbons (Fsp3) is 0.533. The number of ether oxygens (including phenoxy) is 1. The first kappa shape index (κ1) is 14.6. The Bertz CT molecular complexity index is 373. The lowest BCUT2D eigenvalue weighted by atomic mass is 10.1. The molecular weight excluding hydrogens is 226 g/mol. The number of nitrogens with zero attached hydrogens (tertiary/aromatic N) is 1. The summed E-state index contributed by atoms with van der Waals surface area (Å²) in [5, 5.41) is 0. The van der Waals surface area contributed by atoms with Crippen LogP contribution in [0.25, 0.3) is 0 Å². The summed E-state index contributed by atoms with van der Waals surface area (Å²) in [6.07, 6.45) is 1.87. The van der Waals surface area contributed by atoms with E-state index in [0.717, 1.165) is 25.1 Å². The van der Waals surface area contributed by atoms with Gasteiger partial charge in [-0.1, -0.05) is 19.1 Å². The Balaban J connectivity index is 2.66. The van der Waals surface area contributed by atoms with Crippen LogP contribution in [0.4, 0.5) is 0 Å². The Kier molecular flexibility index (Phi) is 5.69. The van der Waals surface area contributed by atoms with Crippen LogP contribution in [0.2, 0.25) is 0 Å². The van der Waals surface area contributed by atoms with E-state index in [4.69, 9.17) is 4.74 Å². The molecule has 1 aromatic rings. The smallest absolute Gasteiger partial charge is 0.219 e. The fourth-order valence-corrected chi connectivity index (χ4v) is 2.14. The number of hydrogen-bond acceptors (Lipinski definition) is 2. The first-order valence-corrected chi connectivity index (χ1v) is 6.48. The van der Waals surface area contributed by atoms with Gasteiger partial charge >= 0.3 is 0 Å². The van der Waals surface area contributed by atoms with Gasteiger partial charge in [0, 0.05) is 19.5 Å². The van der Waals surface area contributed by atoms with Crippen molar-refractivity contribution in [3.8, 4) is 5.75 Å². The van der Waals surface area contributed by atoms with Gasteiger partial charge < -0.3 is 9.64 Å². The van der Waals surface area contributed by atoms with Crippen molar-refractivity contribution in [2.75, 3.05) is 13.7 Å². The third kappa shape index (κ3) is 4.06. The molecular formula is C15H23NO2. The van der Waals surface area contributed by atoms with Gasteiger partial charge in [-0.05, 0) is 37.5 Å². The van der Waals surface area contributed by atoms with Crippen molar-refractivity contribution in [2.24, 2.45) is 0 Å². The zero-order valence-electron chi connectivity index (χ0n) is 11.8. The minimum absolute atomic E-state index is 0.151. The van der Waals surface area contributed by atoms with Gasteiger partial charge in [0.2, 0.25) is 5.91 Å². The monoisotopic (exact) mass is 249 g/mol. The molecule has 0 saturated heterocycles. The van der Waals surface area contributed by atoms with Gasteiger partial charge in [0.25, 0.3) is 0 Å². The van der Waals surface area contributed by atoms with E-state index in [2.05, 4.69) is 26.0 Å². The zero-order chi connectivity index (χ0) is 13.5. The predicted molar refractivity (Wildman–Crippen MR) is 73.8 cm³/mol. The highest BCUT2D eigenvalue weighted by Gasteiger charge is 2.15. The molecule has 0 fully saturated rings. The Morgan fingerprint density at radius 3 is 2.39 bits per heavy atom. The van der Waals surface area contributed by atoms with Gasteiger partial charge in [-0.25, -0.2) is 0 Å². The highest BCUT2D eigenvalue weighted by atomic mass is 16.5. The zero-order valence-corrected chi connectivity index (χ0v) is 11.8. The molecule has 0 N–H and O–H groups in total. The number of benzene rings is 1. The third-order valence-corrected chi connectivity index (χ3v) is 3.09. The first-order chi connectivity index (χ1) is 8.58. The maximum absolute atomic E-state index is 11.6. The molecule has 0 saturated carbocycles. The molecule has 18 heavy (non-hydrogen) atoms. The van der Waals surface area contributed by atoms with E-state index in [1.54, 1.807) is 14.0 Å². The number of methoxy groups -OCH3 is 1. The van der Waals surface area contributed by atoms with Gasteiger partial charge in [-0.3, -0.25) is 4.79 Å². The SMILES string of the molecule is CCCN(C(C)=O)C(C)Cc1ccc(OC)cc1. The molecule has 0 aliphatic carbocycles. The maximum Gasteiger partial charge on any atom is 0.219 e. The Hall–Kier alpha value is -1.51. The quantitative estimate of drug-likeness (QED) is 0.776. The number of rotatable bonds is 6. The summed E-state index contributed by atoms with van der Waals surface area (Å²) in [6.45, 7) is 6.66. The summed E-state index contributed by atoms with van der Waals surface area (Å²) < 4.78 is 5.13. The van der Waals surface area contributed by atoms with E-state index in [-0.39, 0.29) is 11.9 Å². The summed E-state index contributed by atoms with van der Waals surface area (Å²) in [5.41, 5.74) is 1.23. The van der Waals surface area contributed by atoms with Crippen molar-refractivity contribution in [3.63, 3.8) is 0 Å². The van der Waals surface area contributed by atoms with Crippen molar-refractivity contribution in [1.82, 2.24) is 4.90 Å². The third-order valence-electron chi connectivity index (χ3n) is 3.09. The molecule has 3 nitrogen and oxygen atoms in total. The second-order valence-corrected chi connectivity index (χ2v) is 4.61. The number of amides is 1. The molecule has 0 aliphatic rings. The Labute approximate surface area is 110 Å². The molecule has 0 aliphatic heterocycles. The van der Waals surface area contributed by atoms with Crippen LogP contribution < -0.4 is 4.74 Å². The van der Waals surface area contributed by atoms with Crippen molar-refractivity contribution in [2.45, 2.75) is 39.7 Å². The van der Waals surface area contributed by atoms with E-state index < -0.39 is 0 Å². The molecule has 0 spiro atoms. The van der Waals surface area contributed by atoms with Crippen molar-refractivity contribution < 1.29 is 9.53 Å². The highest BCUT2D eigenvalue weighted by molar-refractivity contribution is 5.73. The molecule has 1 amide bonds. The van der Waals surface area contributed by atoms with E-state index in [1.807, 2.05) is 17.0 Å². The van der Waals surface area contributed by atoms with Gasteiger partial charge in [0.05, 0.1) is 7.11 Å². The van der Waals surface area contributed by atoms with Crippen molar-refractivity contribution in [3.05, 3.63) is 29.8 Å². The summed E-state index contributed by atoms with van der Waals surface area (Å²) in [4.78, 5) is 13.5. The highest BCUT2D eigenvalue weighted by Crippen LogP contribution is 2.14. The number of hydrogen-bond donors (Lipinski definition) is 0. The topological polar surface area (TPSA) is 29.5 Å². The number of carbonyl (C=O) groups is 1. The van der Waals surface area contributed by atoms with Gasteiger partial charge in [0.15, 0.2) is 0 Å². The molecule has 0 radical (unpaired) electrons. The molecule has 1 atom stereocenters. The normalized spacial score (nSPS) is 12.0. The van der Waals surface area contributed by atoms with Crippen LogP contribution in [0.15, 0.2) is 24.3 Å². The molecule has 0 heterocycles. The Morgan fingerprint density at radius 2 is 1.94 bits per heavy atom. The van der Waals surface area contributed by atoms with Gasteiger partial charge in [-0.15, -0.1) is 0 Å². The molecule has 1 unspecified atom stereocenters. The minimum Gasteiger partial charge on any atom is -0.497 e. The molecule has 1 rings (SSSR count). The molecule has 100 valence electrons. The minimum atomic E-state index is 0.151. The van der Waals surface area contributed by atoms with Crippen LogP contribution in [0, 0.1) is 0 Å². The summed E-state index contributed by atoms with van der Waals surface area (Å²) in [5.74, 6) is 1.02. The average molecular weight is 249 g/mol. The van der Waals surface area contributed by atoms with E-state index in [0.29, 0.717) is 0 Å². The maximum atomic E-state index is 11.6. The predicted octanol–water partition coefficient (Wildman–Crippen LogP) is 2.88. The van der Waals surface area contributed by atoms with E-state index in [1.165, 1.54) is 5.56 Å². The second kappa shape index (κ2) is 7.04. The van der Waals surface area contributed by atoms with E-state index >= 15 is 0 Å². The molecule has 0 bridgehead atoms. The summed E-state index contributed by atoms with van der Waals surface area (Å²) in [6, 6.07) is 8.26. The lowest BCUT2D eigenvalue weighted by molar-refractivity contribution is -0.130. The summed E-state index contributed by atoms with van der Waals surface area (Å²) >= 11 is 0. The van der Waals surface area contributed by atoms with Crippen molar-refractivity contribution in [1.29, 1.82) is 0 Å². The van der Waals surface area contributed by atoms with Crippen LogP contribution in [0.1, 0.15) is 32.8 Å². The lowest BCUT2D eigenvalue weighted by Crippen LogP contribution is -2.38. The molecule has 3 heteroatoms. The largest absolute Gasteiger partial charge is 0.497 e. The van der Waals surface area contributed by atoms with Crippen LogP contribution in [-0.4, -0.2) is 30.5 Å². The second-order valence-electron chi connectivity index (χ2n) is 4.61. The van der Waals surface area contributed by atoms with Crippen LogP contribution in [0.5, 0.6) is 5.75 Å². The van der Waals surface area contributed by atoms with Crippen molar-refractivity contribution >= 4 is 5.91 Å². The van der Waals surface area contributed by atoms with E-state index in [9.17, 15) is 4.79 Å². The standard InChI is InChI=1S/C15H23NO2/c1-5-10-16(13(3)17)12(2)11-14-6-8-15(18-4)9-7-14/h6-9,12H,5,10-11H2,1-4H3. The molecule has 0 aromatic heterocycles. The fourth-order valence-electron chi connectivity index (χ4n) is 2.14. The first-order valence-electron chi connectivity index (χ1n) is 6.48. The summed E-state index contributed by atoms with van der Waals surface area (Å²) in [7, 11) is 1.66. The van der Waals surface area contributed by atoms with Crippen LogP contribution in [0.3, 0.4) is 0 Å².